The molecule has 3 heteroatoms. The zero-order chi connectivity index (χ0) is 12.3. The van der Waals surface area contributed by atoms with Crippen molar-refractivity contribution >= 4 is 5.78 Å². The van der Waals surface area contributed by atoms with E-state index >= 15 is 0 Å². The van der Waals surface area contributed by atoms with Gasteiger partial charge in [-0.15, -0.1) is 0 Å². The van der Waals surface area contributed by atoms with Crippen LogP contribution in [0.2, 0.25) is 0 Å². The molecule has 0 aromatic heterocycles. The van der Waals surface area contributed by atoms with Gasteiger partial charge in [0.25, 0.3) is 0 Å². The first-order valence-corrected chi connectivity index (χ1v) is 6.17. The van der Waals surface area contributed by atoms with Crippen LogP contribution in [0.4, 0.5) is 0 Å². The van der Waals surface area contributed by atoms with Crippen LogP contribution in [0, 0.1) is 0 Å². The fourth-order valence-electron chi connectivity index (χ4n) is 2.01. The Morgan fingerprint density at radius 2 is 2.24 bits per heavy atom. The molecule has 0 fully saturated rings. The molecule has 92 valence electrons. The van der Waals surface area contributed by atoms with Gasteiger partial charge in [-0.2, -0.15) is 0 Å². The van der Waals surface area contributed by atoms with Gasteiger partial charge in [0.1, 0.15) is 12.4 Å². The van der Waals surface area contributed by atoms with Crippen LogP contribution in [0.25, 0.3) is 0 Å². The monoisotopic (exact) mass is 234 g/mol. The lowest BCUT2D eigenvalue weighted by atomic mass is 9.90. The van der Waals surface area contributed by atoms with Crippen LogP contribution in [0.15, 0.2) is 18.2 Å². The number of hydrogen-bond acceptors (Lipinski definition) is 3. The van der Waals surface area contributed by atoms with E-state index in [1.807, 2.05) is 19.1 Å². The predicted molar refractivity (Wildman–Crippen MR) is 65.5 cm³/mol. The van der Waals surface area contributed by atoms with Crippen LogP contribution in [0.1, 0.15) is 42.1 Å². The normalized spacial score (nSPS) is 16.5. The lowest BCUT2D eigenvalue weighted by Gasteiger charge is -2.16. The molecule has 1 unspecified atom stereocenters. The Bertz CT molecular complexity index is 412. The zero-order valence-electron chi connectivity index (χ0n) is 10.1. The summed E-state index contributed by atoms with van der Waals surface area (Å²) in [4.78, 5) is 11.7. The van der Waals surface area contributed by atoms with E-state index in [1.165, 1.54) is 0 Å². The lowest BCUT2D eigenvalue weighted by Crippen LogP contribution is -2.17. The van der Waals surface area contributed by atoms with Crippen molar-refractivity contribution in [1.82, 2.24) is 0 Å². The van der Waals surface area contributed by atoms with E-state index in [9.17, 15) is 9.90 Å². The number of benzene rings is 1. The molecule has 0 heterocycles. The van der Waals surface area contributed by atoms with Gasteiger partial charge >= 0.3 is 0 Å². The van der Waals surface area contributed by atoms with Crippen LogP contribution in [-0.4, -0.2) is 23.6 Å². The minimum Gasteiger partial charge on any atom is -0.491 e. The molecule has 0 saturated carbocycles. The summed E-state index contributed by atoms with van der Waals surface area (Å²) in [5.41, 5.74) is 1.91. The molecular weight excluding hydrogens is 216 g/mol. The number of aliphatic hydroxyl groups is 1. The maximum Gasteiger partial charge on any atom is 0.163 e. The number of aliphatic hydroxyl groups excluding tert-OH is 1. The molecular formula is C14H18O3. The van der Waals surface area contributed by atoms with E-state index in [0.717, 1.165) is 24.0 Å². The molecule has 1 aliphatic carbocycles. The van der Waals surface area contributed by atoms with Gasteiger partial charge in [0.05, 0.1) is 6.10 Å². The fourth-order valence-corrected chi connectivity index (χ4v) is 2.01. The van der Waals surface area contributed by atoms with Crippen LogP contribution >= 0.6 is 0 Å². The maximum absolute atomic E-state index is 11.7. The molecule has 17 heavy (non-hydrogen) atoms. The highest BCUT2D eigenvalue weighted by molar-refractivity contribution is 5.98. The number of carbonyl (C=O) groups is 1. The van der Waals surface area contributed by atoms with E-state index in [4.69, 9.17) is 4.74 Å². The minimum atomic E-state index is -0.443. The summed E-state index contributed by atoms with van der Waals surface area (Å²) >= 11 is 0. The number of ketones is 1. The van der Waals surface area contributed by atoms with Crippen molar-refractivity contribution in [2.75, 3.05) is 6.61 Å². The first kappa shape index (κ1) is 12.1. The zero-order valence-corrected chi connectivity index (χ0v) is 10.1. The highest BCUT2D eigenvalue weighted by atomic mass is 16.5. The number of fused-ring (bicyclic) bond motifs is 1. The van der Waals surface area contributed by atoms with Crippen LogP contribution in [-0.2, 0) is 6.42 Å². The second-order valence-electron chi connectivity index (χ2n) is 4.47. The Balaban J connectivity index is 2.10. The summed E-state index contributed by atoms with van der Waals surface area (Å²) in [6, 6.07) is 5.64. The van der Waals surface area contributed by atoms with E-state index < -0.39 is 6.10 Å². The number of carbonyl (C=O) groups excluding carboxylic acids is 1. The fraction of sp³-hybridized carbons (Fsp3) is 0.500. The van der Waals surface area contributed by atoms with Gasteiger partial charge in [0.2, 0.25) is 0 Å². The maximum atomic E-state index is 11.7. The summed E-state index contributed by atoms with van der Waals surface area (Å²) < 4.78 is 5.47. The first-order chi connectivity index (χ1) is 8.20. The molecule has 0 saturated heterocycles. The SMILES string of the molecule is CCC(O)COc1ccc2c(c1)C(=O)CCC2. The second kappa shape index (κ2) is 5.32. The smallest absolute Gasteiger partial charge is 0.163 e. The van der Waals surface area contributed by atoms with Gasteiger partial charge in [-0.1, -0.05) is 13.0 Å². The van der Waals surface area contributed by atoms with Crippen molar-refractivity contribution < 1.29 is 14.6 Å². The molecule has 0 amide bonds. The molecule has 1 aromatic carbocycles. The van der Waals surface area contributed by atoms with Gasteiger partial charge in [-0.05, 0) is 37.0 Å². The predicted octanol–water partition coefficient (Wildman–Crippen LogP) is 2.36. The van der Waals surface area contributed by atoms with Gasteiger partial charge in [-0.3, -0.25) is 4.79 Å². The van der Waals surface area contributed by atoms with E-state index in [2.05, 4.69) is 0 Å². The number of ether oxygens (including phenoxy) is 1. The first-order valence-electron chi connectivity index (χ1n) is 6.17. The quantitative estimate of drug-likeness (QED) is 0.869. The Hall–Kier alpha value is -1.35. The number of rotatable bonds is 4. The van der Waals surface area contributed by atoms with Crippen molar-refractivity contribution in [1.29, 1.82) is 0 Å². The van der Waals surface area contributed by atoms with Gasteiger partial charge in [-0.25, -0.2) is 0 Å². The highest BCUT2D eigenvalue weighted by Gasteiger charge is 2.17. The molecule has 1 aromatic rings. The van der Waals surface area contributed by atoms with E-state index in [-0.39, 0.29) is 12.4 Å². The Labute approximate surface area is 101 Å². The van der Waals surface area contributed by atoms with Gasteiger partial charge < -0.3 is 9.84 Å². The third kappa shape index (κ3) is 2.86. The van der Waals surface area contributed by atoms with Crippen LogP contribution in [0.3, 0.4) is 0 Å². The molecule has 0 spiro atoms. The molecule has 0 radical (unpaired) electrons. The third-order valence-electron chi connectivity index (χ3n) is 3.15. The summed E-state index contributed by atoms with van der Waals surface area (Å²) in [6.07, 6.45) is 2.78. The summed E-state index contributed by atoms with van der Waals surface area (Å²) in [5.74, 6) is 0.874. The number of hydrogen-bond donors (Lipinski definition) is 1. The molecule has 1 aliphatic rings. The Morgan fingerprint density at radius 3 is 3.00 bits per heavy atom. The molecule has 1 N–H and O–H groups in total. The Kier molecular flexibility index (Phi) is 3.79. The minimum absolute atomic E-state index is 0.202. The molecule has 1 atom stereocenters. The molecule has 2 rings (SSSR count). The van der Waals surface area contributed by atoms with Crippen molar-refractivity contribution in [2.24, 2.45) is 0 Å². The number of aryl methyl sites for hydroxylation is 1. The van der Waals surface area contributed by atoms with Crippen LogP contribution in [0.5, 0.6) is 5.75 Å². The van der Waals surface area contributed by atoms with E-state index in [0.29, 0.717) is 18.6 Å². The van der Waals surface area contributed by atoms with E-state index in [1.54, 1.807) is 6.07 Å². The van der Waals surface area contributed by atoms with Gasteiger partial charge in [0, 0.05) is 12.0 Å². The Morgan fingerprint density at radius 1 is 1.41 bits per heavy atom. The average Bonchev–Trinajstić information content (AvgIpc) is 2.36. The number of Topliss-reactive ketones (excluding diaryl/α,β-unsaturated/α-hetero) is 1. The molecule has 3 nitrogen and oxygen atoms in total. The third-order valence-corrected chi connectivity index (χ3v) is 3.15. The van der Waals surface area contributed by atoms with Gasteiger partial charge in [0.15, 0.2) is 5.78 Å². The van der Waals surface area contributed by atoms with Crippen molar-refractivity contribution in [3.8, 4) is 5.75 Å². The summed E-state index contributed by atoms with van der Waals surface area (Å²) in [7, 11) is 0. The average molecular weight is 234 g/mol. The lowest BCUT2D eigenvalue weighted by molar-refractivity contribution is 0.0969. The standard InChI is InChI=1S/C14H18O3/c1-2-11(15)9-17-12-7-6-10-4-3-5-14(16)13(10)8-12/h6-8,11,15H,2-5,9H2,1H3. The molecule has 0 aliphatic heterocycles. The summed E-state index contributed by atoms with van der Waals surface area (Å²) in [5, 5.41) is 9.42. The largest absolute Gasteiger partial charge is 0.491 e. The topological polar surface area (TPSA) is 46.5 Å². The van der Waals surface area contributed by atoms with Crippen molar-refractivity contribution in [3.63, 3.8) is 0 Å². The van der Waals surface area contributed by atoms with Crippen molar-refractivity contribution in [3.05, 3.63) is 29.3 Å². The second-order valence-corrected chi connectivity index (χ2v) is 4.47. The van der Waals surface area contributed by atoms with Crippen LogP contribution < -0.4 is 4.74 Å². The van der Waals surface area contributed by atoms with Crippen molar-refractivity contribution in [2.45, 2.75) is 38.7 Å². The highest BCUT2D eigenvalue weighted by Crippen LogP contribution is 2.25. The molecule has 0 bridgehead atoms. The summed E-state index contributed by atoms with van der Waals surface area (Å²) in [6.45, 7) is 2.19.